The van der Waals surface area contributed by atoms with Gasteiger partial charge in [0.2, 0.25) is 5.91 Å². The number of nitrogens with one attached hydrogen (secondary N) is 1. The first-order valence-electron chi connectivity index (χ1n) is 33.4. The number of carbonyl (C=O) groups excluding carboxylic acids is 2. The van der Waals surface area contributed by atoms with E-state index < -0.39 is 26.6 Å². The lowest BCUT2D eigenvalue weighted by Gasteiger charge is -2.30. The van der Waals surface area contributed by atoms with E-state index in [0.29, 0.717) is 17.4 Å². The number of allylic oxidation sites excluding steroid dienone is 13. The number of phosphoric acid groups is 1. The van der Waals surface area contributed by atoms with Crippen LogP contribution in [0.4, 0.5) is 0 Å². The molecule has 0 saturated carbocycles. The molecule has 0 aromatic rings. The van der Waals surface area contributed by atoms with Crippen LogP contribution in [-0.4, -0.2) is 69.4 Å². The summed E-state index contributed by atoms with van der Waals surface area (Å²) < 4.78 is 30.4. The van der Waals surface area contributed by atoms with Gasteiger partial charge in [-0.25, -0.2) is 0 Å². The summed E-state index contributed by atoms with van der Waals surface area (Å²) in [5.41, 5.74) is 0. The van der Waals surface area contributed by atoms with E-state index in [1.165, 1.54) is 161 Å². The Hall–Kier alpha value is -2.81. The van der Waals surface area contributed by atoms with E-state index in [0.717, 1.165) is 96.3 Å². The molecule has 3 atom stereocenters. The lowest BCUT2D eigenvalue weighted by atomic mass is 10.0. The second kappa shape index (κ2) is 59.4. The molecule has 0 spiro atoms. The van der Waals surface area contributed by atoms with Crippen molar-refractivity contribution in [3.63, 3.8) is 0 Å². The topological polar surface area (TPSA) is 114 Å². The zero-order valence-corrected chi connectivity index (χ0v) is 53.9. The first-order chi connectivity index (χ1) is 38.9. The number of phosphoric ester groups is 1. The molecule has 80 heavy (non-hydrogen) atoms. The smallest absolute Gasteiger partial charge is 0.306 e. The number of hydrogen-bond donors (Lipinski definition) is 1. The Kier molecular flexibility index (Phi) is 57.3. The summed E-state index contributed by atoms with van der Waals surface area (Å²) in [6.07, 6.45) is 78.4. The van der Waals surface area contributed by atoms with Gasteiger partial charge in [-0.1, -0.05) is 267 Å². The Bertz CT molecular complexity index is 1640. The van der Waals surface area contributed by atoms with Crippen molar-refractivity contribution >= 4 is 19.7 Å². The van der Waals surface area contributed by atoms with E-state index in [9.17, 15) is 19.0 Å². The SMILES string of the molecule is CCCCC/C=C\C/C=C\C/C=C\C/C=C\CCCCCCCCCCCC(=O)OC(/C=C\CCCCCCCCCCCCC)C(COP(=O)([O-])OCC[N+](C)(C)C)NC(=O)CCCCC/C=C/C=C/CCCCCCCCC. The van der Waals surface area contributed by atoms with Gasteiger partial charge in [-0.05, 0) is 102 Å². The van der Waals surface area contributed by atoms with Gasteiger partial charge in [0.25, 0.3) is 7.82 Å². The molecule has 0 radical (unpaired) electrons. The largest absolute Gasteiger partial charge is 0.756 e. The molecule has 0 heterocycles. The van der Waals surface area contributed by atoms with Crippen LogP contribution in [0, 0.1) is 0 Å². The van der Waals surface area contributed by atoms with E-state index >= 15 is 0 Å². The van der Waals surface area contributed by atoms with Crippen LogP contribution < -0.4 is 10.2 Å². The Morgan fingerprint density at radius 1 is 0.450 bits per heavy atom. The van der Waals surface area contributed by atoms with Gasteiger partial charge in [0.1, 0.15) is 19.3 Å². The van der Waals surface area contributed by atoms with Gasteiger partial charge in [-0.3, -0.25) is 14.2 Å². The second-order valence-electron chi connectivity index (χ2n) is 23.6. The number of hydrogen-bond acceptors (Lipinski definition) is 7. The average Bonchev–Trinajstić information content (AvgIpc) is 3.42. The number of rotatable bonds is 60. The molecule has 3 unspecified atom stereocenters. The van der Waals surface area contributed by atoms with Gasteiger partial charge in [-0.2, -0.15) is 0 Å². The highest BCUT2D eigenvalue weighted by atomic mass is 31.2. The number of nitrogens with zero attached hydrogens (tertiary/aromatic N) is 1. The maximum absolute atomic E-state index is 13.5. The molecule has 0 rings (SSSR count). The van der Waals surface area contributed by atoms with Gasteiger partial charge < -0.3 is 28.5 Å². The van der Waals surface area contributed by atoms with E-state index in [4.69, 9.17) is 13.8 Å². The Morgan fingerprint density at radius 2 is 0.800 bits per heavy atom. The summed E-state index contributed by atoms with van der Waals surface area (Å²) in [6.45, 7) is 6.80. The normalized spacial score (nSPS) is 14.1. The fraction of sp³-hybridized carbons (Fsp3) is 0.771. The fourth-order valence-corrected chi connectivity index (χ4v) is 10.1. The summed E-state index contributed by atoms with van der Waals surface area (Å²) in [4.78, 5) is 40.1. The maximum atomic E-state index is 13.5. The van der Waals surface area contributed by atoms with Gasteiger partial charge >= 0.3 is 5.97 Å². The standard InChI is InChI=1S/C70H127N2O7P/c1-7-10-13-16-19-22-25-28-30-32-33-34-35-36-37-38-39-40-42-45-48-51-54-57-60-63-70(74)79-68(61-58-55-52-49-46-43-27-24-21-18-15-12-9-3)67(66-78-80(75,76)77-65-64-72(4,5)6)71-69(73)62-59-56-53-50-47-44-41-31-29-26-23-20-17-14-11-8-2/h19,22,28,30-31,33-34,36-37,41,44,47,58,61,67-68H,7-18,20-21,23-27,29,32,35,38-40,42-43,45-46,48-57,59-60,62-66H2,1-6H3,(H-,71,73,75,76)/b22-19-,30-28-,34-33-,37-36-,41-31+,47-44+,61-58-. The Morgan fingerprint density at radius 3 is 1.25 bits per heavy atom. The first-order valence-corrected chi connectivity index (χ1v) is 34.9. The molecule has 0 aliphatic rings. The molecule has 464 valence electrons. The molecule has 0 bridgehead atoms. The van der Waals surface area contributed by atoms with Crippen molar-refractivity contribution in [3.8, 4) is 0 Å². The number of likely N-dealkylation sites (N-methyl/N-ethyl adjacent to an activating group) is 1. The molecule has 0 fully saturated rings. The van der Waals surface area contributed by atoms with Crippen LogP contribution in [0.3, 0.4) is 0 Å². The van der Waals surface area contributed by atoms with Crippen LogP contribution in [0.5, 0.6) is 0 Å². The van der Waals surface area contributed by atoms with E-state index in [2.05, 4.69) is 99.0 Å². The van der Waals surface area contributed by atoms with Crippen molar-refractivity contribution in [3.05, 3.63) is 85.1 Å². The third-order valence-electron chi connectivity index (χ3n) is 14.6. The monoisotopic (exact) mass is 1140 g/mol. The molecule has 0 saturated heterocycles. The van der Waals surface area contributed by atoms with Crippen molar-refractivity contribution in [2.45, 2.75) is 309 Å². The van der Waals surface area contributed by atoms with Gasteiger partial charge in [-0.15, -0.1) is 0 Å². The van der Waals surface area contributed by atoms with E-state index in [1.54, 1.807) is 0 Å². The summed E-state index contributed by atoms with van der Waals surface area (Å²) in [6, 6.07) is -0.909. The van der Waals surface area contributed by atoms with Crippen LogP contribution in [0.15, 0.2) is 85.1 Å². The lowest BCUT2D eigenvalue weighted by molar-refractivity contribution is -0.870. The number of esters is 1. The van der Waals surface area contributed by atoms with Crippen LogP contribution in [0.25, 0.3) is 0 Å². The summed E-state index contributed by atoms with van der Waals surface area (Å²) >= 11 is 0. The molecule has 0 aliphatic heterocycles. The van der Waals surface area contributed by atoms with Gasteiger partial charge in [0.15, 0.2) is 0 Å². The van der Waals surface area contributed by atoms with Crippen LogP contribution in [0.1, 0.15) is 297 Å². The Balaban J connectivity index is 5.21. The van der Waals surface area contributed by atoms with Crippen LogP contribution >= 0.6 is 7.82 Å². The van der Waals surface area contributed by atoms with Crippen molar-refractivity contribution < 1.29 is 37.3 Å². The molecular formula is C70H127N2O7P. The Labute approximate surface area is 495 Å². The highest BCUT2D eigenvalue weighted by Crippen LogP contribution is 2.38. The first kappa shape index (κ1) is 77.2. The molecule has 9 nitrogen and oxygen atoms in total. The number of carbonyl (C=O) groups is 2. The van der Waals surface area contributed by atoms with E-state index in [1.807, 2.05) is 33.3 Å². The number of unbranched alkanes of at least 4 members (excludes halogenated alkanes) is 33. The highest BCUT2D eigenvalue weighted by molar-refractivity contribution is 7.45. The van der Waals surface area contributed by atoms with Crippen LogP contribution in [0.2, 0.25) is 0 Å². The molecule has 10 heteroatoms. The van der Waals surface area contributed by atoms with Gasteiger partial charge in [0.05, 0.1) is 33.8 Å². The van der Waals surface area contributed by atoms with Crippen molar-refractivity contribution in [1.29, 1.82) is 0 Å². The zero-order chi connectivity index (χ0) is 58.6. The lowest BCUT2D eigenvalue weighted by Crippen LogP contribution is -2.47. The minimum Gasteiger partial charge on any atom is -0.756 e. The molecule has 1 N–H and O–H groups in total. The number of amides is 1. The molecular weight excluding hydrogens is 1010 g/mol. The predicted octanol–water partition coefficient (Wildman–Crippen LogP) is 20.3. The van der Waals surface area contributed by atoms with Crippen LogP contribution in [-0.2, 0) is 27.9 Å². The average molecular weight is 1140 g/mol. The van der Waals surface area contributed by atoms with Gasteiger partial charge in [0, 0.05) is 12.8 Å². The summed E-state index contributed by atoms with van der Waals surface area (Å²) in [7, 11) is 1.16. The minimum atomic E-state index is -4.71. The fourth-order valence-electron chi connectivity index (χ4n) is 9.38. The highest BCUT2D eigenvalue weighted by Gasteiger charge is 2.27. The minimum absolute atomic E-state index is 0.0311. The third-order valence-corrected chi connectivity index (χ3v) is 15.5. The number of ether oxygens (including phenoxy) is 1. The molecule has 0 aromatic heterocycles. The predicted molar refractivity (Wildman–Crippen MR) is 344 cm³/mol. The number of quaternary nitrogens is 1. The maximum Gasteiger partial charge on any atom is 0.306 e. The third kappa shape index (κ3) is 59.8. The molecule has 0 aromatic carbocycles. The summed E-state index contributed by atoms with van der Waals surface area (Å²) in [5, 5.41) is 3.02. The summed E-state index contributed by atoms with van der Waals surface area (Å²) in [5.74, 6) is -0.576. The molecule has 0 aliphatic carbocycles. The van der Waals surface area contributed by atoms with Crippen molar-refractivity contribution in [2.75, 3.05) is 40.9 Å². The second-order valence-corrected chi connectivity index (χ2v) is 25.1. The van der Waals surface area contributed by atoms with Crippen molar-refractivity contribution in [2.24, 2.45) is 0 Å². The van der Waals surface area contributed by atoms with Crippen molar-refractivity contribution in [1.82, 2.24) is 5.32 Å². The zero-order valence-electron chi connectivity index (χ0n) is 53.0. The quantitative estimate of drug-likeness (QED) is 0.0161. The molecule has 1 amide bonds. The van der Waals surface area contributed by atoms with E-state index in [-0.39, 0.29) is 31.3 Å².